The lowest BCUT2D eigenvalue weighted by molar-refractivity contribution is -0.137. The third-order valence-electron chi connectivity index (χ3n) is 4.06. The summed E-state index contributed by atoms with van der Waals surface area (Å²) in [6, 6.07) is 8.22. The van der Waals surface area contributed by atoms with Crippen LogP contribution in [0.15, 0.2) is 47.6 Å². The first-order valence-electron chi connectivity index (χ1n) is 8.79. The van der Waals surface area contributed by atoms with E-state index in [4.69, 9.17) is 4.84 Å². The number of hydrogen-bond acceptors (Lipinski definition) is 4. The molecule has 0 unspecified atom stereocenters. The SMILES string of the molecule is CC/C(=N\OCc1ccc(C(F)(F)F)cc1)c1cc(C)ccc1NS(=O)(=O)C(F)(F)F. The number of oxime groups is 1. The molecule has 0 aliphatic heterocycles. The molecule has 0 aromatic heterocycles. The quantitative estimate of drug-likeness (QED) is 0.327. The fraction of sp³-hybridized carbons (Fsp3) is 0.316. The molecule has 31 heavy (non-hydrogen) atoms. The van der Waals surface area contributed by atoms with Gasteiger partial charge in [0.05, 0.1) is 17.0 Å². The van der Waals surface area contributed by atoms with E-state index in [1.807, 2.05) is 0 Å². The van der Waals surface area contributed by atoms with E-state index in [0.717, 1.165) is 12.1 Å². The Morgan fingerprint density at radius 2 is 1.65 bits per heavy atom. The average molecular weight is 468 g/mol. The van der Waals surface area contributed by atoms with Gasteiger partial charge in [-0.25, -0.2) is 0 Å². The molecule has 0 saturated carbocycles. The summed E-state index contributed by atoms with van der Waals surface area (Å²) in [5.41, 5.74) is -5.41. The molecule has 2 rings (SSSR count). The standard InChI is InChI=1S/C19H18F6N2O3S/c1-3-16(26-30-11-13-5-7-14(8-6-13)18(20,21)22)15-10-12(2)4-9-17(15)27-31(28,29)19(23,24)25/h4-10,27H,3,11H2,1-2H3/b26-16+. The number of aryl methyl sites for hydroxylation is 1. The van der Waals surface area contributed by atoms with Crippen molar-refractivity contribution in [3.63, 3.8) is 0 Å². The Balaban J connectivity index is 2.25. The van der Waals surface area contributed by atoms with Crippen LogP contribution < -0.4 is 4.72 Å². The highest BCUT2D eigenvalue weighted by molar-refractivity contribution is 7.93. The van der Waals surface area contributed by atoms with E-state index < -0.39 is 27.3 Å². The molecule has 0 atom stereocenters. The second-order valence-electron chi connectivity index (χ2n) is 6.46. The molecular weight excluding hydrogens is 450 g/mol. The summed E-state index contributed by atoms with van der Waals surface area (Å²) in [6.07, 6.45) is -4.30. The van der Waals surface area contributed by atoms with Gasteiger partial charge >= 0.3 is 21.7 Å². The Bertz CT molecular complexity index is 1050. The molecule has 0 aliphatic rings. The van der Waals surface area contributed by atoms with Crippen molar-refractivity contribution in [1.82, 2.24) is 0 Å². The molecule has 170 valence electrons. The lowest BCUT2D eigenvalue weighted by atomic mass is 10.0. The van der Waals surface area contributed by atoms with E-state index in [1.54, 1.807) is 13.8 Å². The summed E-state index contributed by atoms with van der Waals surface area (Å²) >= 11 is 0. The third kappa shape index (κ3) is 6.36. The number of benzene rings is 2. The summed E-state index contributed by atoms with van der Waals surface area (Å²) < 4.78 is 100. The lowest BCUT2D eigenvalue weighted by Crippen LogP contribution is -2.30. The van der Waals surface area contributed by atoms with Crippen LogP contribution in [0.3, 0.4) is 0 Å². The number of nitrogens with zero attached hydrogens (tertiary/aromatic N) is 1. The first-order valence-corrected chi connectivity index (χ1v) is 10.3. The molecule has 0 radical (unpaired) electrons. The molecule has 2 aromatic carbocycles. The summed E-state index contributed by atoms with van der Waals surface area (Å²) in [4.78, 5) is 5.15. The van der Waals surface area contributed by atoms with Gasteiger partial charge in [0.15, 0.2) is 0 Å². The van der Waals surface area contributed by atoms with Gasteiger partial charge in [0, 0.05) is 5.56 Å². The van der Waals surface area contributed by atoms with Crippen LogP contribution in [0.2, 0.25) is 0 Å². The molecule has 0 spiro atoms. The summed E-state index contributed by atoms with van der Waals surface area (Å²) in [7, 11) is -5.65. The van der Waals surface area contributed by atoms with Crippen molar-refractivity contribution in [2.75, 3.05) is 4.72 Å². The van der Waals surface area contributed by atoms with E-state index >= 15 is 0 Å². The third-order valence-corrected chi connectivity index (χ3v) is 5.16. The Morgan fingerprint density at radius 1 is 1.03 bits per heavy atom. The van der Waals surface area contributed by atoms with Crippen LogP contribution in [0, 0.1) is 6.92 Å². The van der Waals surface area contributed by atoms with Crippen LogP contribution >= 0.6 is 0 Å². The van der Waals surface area contributed by atoms with Crippen LogP contribution in [0.4, 0.5) is 32.0 Å². The second-order valence-corrected chi connectivity index (χ2v) is 8.13. The molecule has 1 N–H and O–H groups in total. The minimum absolute atomic E-state index is 0.0859. The molecule has 12 heteroatoms. The summed E-state index contributed by atoms with van der Waals surface area (Å²) in [5, 5.41) is 3.85. The van der Waals surface area contributed by atoms with Gasteiger partial charge in [-0.05, 0) is 43.2 Å². The summed E-state index contributed by atoms with van der Waals surface area (Å²) in [5.74, 6) is 0. The Labute approximate surface area is 174 Å². The zero-order chi connectivity index (χ0) is 23.4. The number of hydrogen-bond donors (Lipinski definition) is 1. The number of anilines is 1. The van der Waals surface area contributed by atoms with Crippen molar-refractivity contribution in [3.8, 4) is 0 Å². The Hall–Kier alpha value is -2.76. The molecule has 0 saturated heterocycles. The van der Waals surface area contributed by atoms with Crippen molar-refractivity contribution in [1.29, 1.82) is 0 Å². The smallest absolute Gasteiger partial charge is 0.391 e. The van der Waals surface area contributed by atoms with Crippen LogP contribution in [0.1, 0.15) is 35.6 Å². The van der Waals surface area contributed by atoms with Crippen LogP contribution in [-0.4, -0.2) is 19.6 Å². The van der Waals surface area contributed by atoms with Gasteiger partial charge in [0.2, 0.25) is 0 Å². The number of nitrogens with one attached hydrogen (secondary N) is 1. The van der Waals surface area contributed by atoms with Crippen molar-refractivity contribution in [2.45, 2.75) is 38.6 Å². The molecule has 0 heterocycles. The van der Waals surface area contributed by atoms with Gasteiger partial charge < -0.3 is 4.84 Å². The maximum absolute atomic E-state index is 12.7. The van der Waals surface area contributed by atoms with Gasteiger partial charge in [0.25, 0.3) is 0 Å². The fourth-order valence-corrected chi connectivity index (χ4v) is 3.05. The normalized spacial score (nSPS) is 13.2. The highest BCUT2D eigenvalue weighted by Crippen LogP contribution is 2.30. The van der Waals surface area contributed by atoms with E-state index in [1.165, 1.54) is 35.1 Å². The van der Waals surface area contributed by atoms with Gasteiger partial charge in [-0.15, -0.1) is 0 Å². The molecule has 2 aromatic rings. The van der Waals surface area contributed by atoms with Crippen LogP contribution in [0.25, 0.3) is 0 Å². The highest BCUT2D eigenvalue weighted by Gasteiger charge is 2.46. The first-order chi connectivity index (χ1) is 14.2. The molecule has 5 nitrogen and oxygen atoms in total. The maximum Gasteiger partial charge on any atom is 0.516 e. The van der Waals surface area contributed by atoms with Crippen molar-refractivity contribution in [3.05, 3.63) is 64.7 Å². The molecule has 0 aliphatic carbocycles. The molecular formula is C19H18F6N2O3S. The van der Waals surface area contributed by atoms with Gasteiger partial charge in [-0.2, -0.15) is 34.8 Å². The minimum atomic E-state index is -5.65. The molecule has 0 amide bonds. The number of alkyl halides is 6. The Morgan fingerprint density at radius 3 is 2.16 bits per heavy atom. The highest BCUT2D eigenvalue weighted by atomic mass is 32.2. The fourth-order valence-electron chi connectivity index (χ4n) is 2.47. The predicted octanol–water partition coefficient (Wildman–Crippen LogP) is 5.61. The largest absolute Gasteiger partial charge is 0.516 e. The zero-order valence-electron chi connectivity index (χ0n) is 16.3. The Kier molecular flexibility index (Phi) is 7.25. The monoisotopic (exact) mass is 468 g/mol. The number of halogens is 6. The topological polar surface area (TPSA) is 67.8 Å². The van der Waals surface area contributed by atoms with Crippen LogP contribution in [-0.2, 0) is 27.6 Å². The first kappa shape index (κ1) is 24.5. The van der Waals surface area contributed by atoms with E-state index in [9.17, 15) is 34.8 Å². The minimum Gasteiger partial charge on any atom is -0.391 e. The maximum atomic E-state index is 12.7. The molecule has 0 fully saturated rings. The van der Waals surface area contributed by atoms with E-state index in [0.29, 0.717) is 11.1 Å². The van der Waals surface area contributed by atoms with Crippen molar-refractivity contribution in [2.24, 2.45) is 5.16 Å². The summed E-state index contributed by atoms with van der Waals surface area (Å²) in [6.45, 7) is 3.09. The average Bonchev–Trinajstić information content (AvgIpc) is 2.65. The van der Waals surface area contributed by atoms with Gasteiger partial charge in [-0.1, -0.05) is 35.8 Å². The van der Waals surface area contributed by atoms with Crippen molar-refractivity contribution < 1.29 is 39.6 Å². The van der Waals surface area contributed by atoms with Crippen LogP contribution in [0.5, 0.6) is 0 Å². The predicted molar refractivity (Wildman–Crippen MR) is 103 cm³/mol. The number of rotatable bonds is 7. The van der Waals surface area contributed by atoms with E-state index in [2.05, 4.69) is 5.16 Å². The number of sulfonamides is 1. The van der Waals surface area contributed by atoms with Gasteiger partial charge in [-0.3, -0.25) is 4.72 Å². The van der Waals surface area contributed by atoms with Crippen molar-refractivity contribution >= 4 is 21.4 Å². The zero-order valence-corrected chi connectivity index (χ0v) is 17.1. The molecule has 0 bridgehead atoms. The lowest BCUT2D eigenvalue weighted by Gasteiger charge is -2.15. The second kappa shape index (κ2) is 9.16. The van der Waals surface area contributed by atoms with Gasteiger partial charge in [0.1, 0.15) is 6.61 Å². The van der Waals surface area contributed by atoms with E-state index in [-0.39, 0.29) is 30.0 Å².